The van der Waals surface area contributed by atoms with Crippen molar-refractivity contribution < 1.29 is 32.6 Å². The monoisotopic (exact) mass is 399 g/mol. The van der Waals surface area contributed by atoms with E-state index in [2.05, 4.69) is 5.32 Å². The van der Waals surface area contributed by atoms with Crippen LogP contribution in [-0.4, -0.2) is 68.0 Å². The molecule has 0 spiro atoms. The fourth-order valence-electron chi connectivity index (χ4n) is 2.52. The number of aliphatic carboxylic acids is 1. The van der Waals surface area contributed by atoms with Gasteiger partial charge in [0.2, 0.25) is 15.9 Å². The minimum atomic E-state index is -3.79. The molecule has 1 aliphatic rings. The summed E-state index contributed by atoms with van der Waals surface area (Å²) < 4.78 is 31.7. The minimum absolute atomic E-state index is 0.00494. The minimum Gasteiger partial charge on any atom is -0.480 e. The normalized spacial score (nSPS) is 16.4. The summed E-state index contributed by atoms with van der Waals surface area (Å²) in [6.45, 7) is 1.01. The van der Waals surface area contributed by atoms with Crippen LogP contribution in [0.2, 0.25) is 0 Å². The lowest BCUT2D eigenvalue weighted by atomic mass is 10.1. The van der Waals surface area contributed by atoms with E-state index in [-0.39, 0.29) is 36.4 Å². The van der Waals surface area contributed by atoms with Crippen molar-refractivity contribution in [3.8, 4) is 0 Å². The molecule has 1 saturated heterocycles. The lowest BCUT2D eigenvalue weighted by molar-refractivity contribution is -0.139. The molecule has 0 aliphatic carbocycles. The third kappa shape index (κ3) is 5.49. The number of nitrogens with zero attached hydrogens (tertiary/aromatic N) is 1. The molecule has 1 atom stereocenters. The number of sulfonamides is 1. The number of rotatable bonds is 8. The molecule has 1 aromatic rings. The first-order valence-corrected chi connectivity index (χ1v) is 9.66. The van der Waals surface area contributed by atoms with Crippen molar-refractivity contribution in [2.45, 2.75) is 23.8 Å². The molecule has 2 rings (SSSR count). The Bertz CT molecular complexity index is 819. The third-order valence-corrected chi connectivity index (χ3v) is 5.88. The number of ether oxygens (including phenoxy) is 1. The molecule has 0 aromatic heterocycles. The van der Waals surface area contributed by atoms with Crippen LogP contribution in [-0.2, 0) is 24.3 Å². The number of nitrogens with two attached hydrogens (primary N) is 1. The second-order valence-electron chi connectivity index (χ2n) is 5.91. The van der Waals surface area contributed by atoms with Crippen molar-refractivity contribution >= 4 is 27.8 Å². The number of nitrogens with one attached hydrogen (secondary N) is 1. The van der Waals surface area contributed by atoms with Crippen molar-refractivity contribution in [2.24, 2.45) is 5.73 Å². The number of amides is 2. The molecule has 10 nitrogen and oxygen atoms in total. The Balaban J connectivity index is 2.16. The van der Waals surface area contributed by atoms with Gasteiger partial charge in [0.15, 0.2) is 0 Å². The summed E-state index contributed by atoms with van der Waals surface area (Å²) in [5.41, 5.74) is 4.99. The van der Waals surface area contributed by atoms with Crippen LogP contribution in [0.4, 0.5) is 0 Å². The predicted octanol–water partition coefficient (Wildman–Crippen LogP) is -0.844. The van der Waals surface area contributed by atoms with Gasteiger partial charge in [-0.2, -0.15) is 4.31 Å². The Morgan fingerprint density at radius 3 is 2.52 bits per heavy atom. The van der Waals surface area contributed by atoms with E-state index in [9.17, 15) is 22.8 Å². The summed E-state index contributed by atoms with van der Waals surface area (Å²) in [5, 5.41) is 11.4. The largest absolute Gasteiger partial charge is 0.480 e. The summed E-state index contributed by atoms with van der Waals surface area (Å²) in [6, 6.07) is 4.02. The van der Waals surface area contributed by atoms with Crippen molar-refractivity contribution in [3.05, 3.63) is 29.8 Å². The topological polar surface area (TPSA) is 156 Å². The molecule has 27 heavy (non-hydrogen) atoms. The fraction of sp³-hybridized carbons (Fsp3) is 0.438. The van der Waals surface area contributed by atoms with Gasteiger partial charge in [0.25, 0.3) is 5.91 Å². The molecule has 2 amide bonds. The van der Waals surface area contributed by atoms with Crippen LogP contribution in [0.5, 0.6) is 0 Å². The van der Waals surface area contributed by atoms with Gasteiger partial charge >= 0.3 is 5.97 Å². The molecule has 0 unspecified atom stereocenters. The zero-order valence-electron chi connectivity index (χ0n) is 14.5. The van der Waals surface area contributed by atoms with Crippen molar-refractivity contribution in [2.75, 3.05) is 26.3 Å². The van der Waals surface area contributed by atoms with E-state index in [0.29, 0.717) is 13.2 Å². The maximum atomic E-state index is 12.7. The standard InChI is InChI=1S/C16H21N3O7S/c17-14(20)5-4-13(16(22)23)18-15(21)11-2-1-3-12(10-11)27(24,25)19-6-8-26-9-7-19/h1-3,10,13H,4-9H2,(H2,17,20)(H,18,21)(H,22,23)/t13-/m0/s1. The average molecular weight is 399 g/mol. The van der Waals surface area contributed by atoms with Gasteiger partial charge < -0.3 is 20.9 Å². The molecule has 148 valence electrons. The molecule has 1 aromatic carbocycles. The van der Waals surface area contributed by atoms with Crippen LogP contribution < -0.4 is 11.1 Å². The number of carboxylic acid groups (broad SMARTS) is 1. The number of primary amides is 1. The van der Waals surface area contributed by atoms with Gasteiger partial charge in [0, 0.05) is 25.1 Å². The summed E-state index contributed by atoms with van der Waals surface area (Å²) in [7, 11) is -3.79. The van der Waals surface area contributed by atoms with Crippen LogP contribution in [0.15, 0.2) is 29.2 Å². The maximum absolute atomic E-state index is 12.7. The molecular formula is C16H21N3O7S. The molecule has 1 fully saturated rings. The van der Waals surface area contributed by atoms with E-state index in [1.807, 2.05) is 0 Å². The van der Waals surface area contributed by atoms with Gasteiger partial charge in [0.05, 0.1) is 18.1 Å². The highest BCUT2D eigenvalue weighted by atomic mass is 32.2. The molecule has 1 aliphatic heterocycles. The van der Waals surface area contributed by atoms with E-state index in [1.165, 1.54) is 28.6 Å². The molecular weight excluding hydrogens is 378 g/mol. The molecule has 4 N–H and O–H groups in total. The number of morpholine rings is 1. The van der Waals surface area contributed by atoms with Crippen LogP contribution >= 0.6 is 0 Å². The third-order valence-electron chi connectivity index (χ3n) is 3.99. The van der Waals surface area contributed by atoms with Gasteiger partial charge in [-0.25, -0.2) is 13.2 Å². The van der Waals surface area contributed by atoms with Crippen molar-refractivity contribution in [1.29, 1.82) is 0 Å². The smallest absolute Gasteiger partial charge is 0.326 e. The van der Waals surface area contributed by atoms with E-state index < -0.39 is 33.8 Å². The summed E-state index contributed by atoms with van der Waals surface area (Å²) in [4.78, 5) is 34.3. The quantitative estimate of drug-likeness (QED) is 0.514. The number of hydrogen-bond acceptors (Lipinski definition) is 6. The Labute approximate surface area is 156 Å². The summed E-state index contributed by atoms with van der Waals surface area (Å²) in [5.74, 6) is -2.76. The van der Waals surface area contributed by atoms with Gasteiger partial charge in [-0.1, -0.05) is 6.07 Å². The van der Waals surface area contributed by atoms with Gasteiger partial charge in [0.1, 0.15) is 6.04 Å². The lowest BCUT2D eigenvalue weighted by Crippen LogP contribution is -2.42. The first-order chi connectivity index (χ1) is 12.7. The Kier molecular flexibility index (Phi) is 6.88. The van der Waals surface area contributed by atoms with E-state index in [1.54, 1.807) is 0 Å². The molecule has 0 bridgehead atoms. The van der Waals surface area contributed by atoms with Crippen molar-refractivity contribution in [1.82, 2.24) is 9.62 Å². The SMILES string of the molecule is NC(=O)CC[C@H](NC(=O)c1cccc(S(=O)(=O)N2CCOCC2)c1)C(=O)O. The van der Waals surface area contributed by atoms with Crippen LogP contribution in [0.1, 0.15) is 23.2 Å². The second kappa shape index (κ2) is 8.93. The predicted molar refractivity (Wildman–Crippen MR) is 93.3 cm³/mol. The fourth-order valence-corrected chi connectivity index (χ4v) is 3.97. The first kappa shape index (κ1) is 20.8. The molecule has 0 radical (unpaired) electrons. The highest BCUT2D eigenvalue weighted by Gasteiger charge is 2.27. The van der Waals surface area contributed by atoms with Crippen LogP contribution in [0.25, 0.3) is 0 Å². The average Bonchev–Trinajstić information content (AvgIpc) is 2.65. The first-order valence-electron chi connectivity index (χ1n) is 8.22. The zero-order chi connectivity index (χ0) is 20.0. The lowest BCUT2D eigenvalue weighted by Gasteiger charge is -2.26. The summed E-state index contributed by atoms with van der Waals surface area (Å²) in [6.07, 6.45) is -0.370. The van der Waals surface area contributed by atoms with Crippen LogP contribution in [0, 0.1) is 0 Å². The molecule has 1 heterocycles. The van der Waals surface area contributed by atoms with Crippen molar-refractivity contribution in [3.63, 3.8) is 0 Å². The summed E-state index contributed by atoms with van der Waals surface area (Å²) >= 11 is 0. The highest BCUT2D eigenvalue weighted by molar-refractivity contribution is 7.89. The van der Waals surface area contributed by atoms with E-state index in [0.717, 1.165) is 0 Å². The second-order valence-corrected chi connectivity index (χ2v) is 7.85. The number of hydrogen-bond donors (Lipinski definition) is 3. The Morgan fingerprint density at radius 2 is 1.93 bits per heavy atom. The number of benzene rings is 1. The highest BCUT2D eigenvalue weighted by Crippen LogP contribution is 2.18. The maximum Gasteiger partial charge on any atom is 0.326 e. The van der Waals surface area contributed by atoms with Crippen LogP contribution in [0.3, 0.4) is 0 Å². The molecule has 11 heteroatoms. The number of carbonyl (C=O) groups excluding carboxylic acids is 2. The van der Waals surface area contributed by atoms with Gasteiger partial charge in [-0.05, 0) is 24.6 Å². The zero-order valence-corrected chi connectivity index (χ0v) is 15.3. The van der Waals surface area contributed by atoms with E-state index in [4.69, 9.17) is 15.6 Å². The number of carbonyl (C=O) groups is 3. The molecule has 0 saturated carbocycles. The van der Waals surface area contributed by atoms with E-state index >= 15 is 0 Å². The Morgan fingerprint density at radius 1 is 1.26 bits per heavy atom. The van der Waals surface area contributed by atoms with Gasteiger partial charge in [-0.15, -0.1) is 0 Å². The van der Waals surface area contributed by atoms with Gasteiger partial charge in [-0.3, -0.25) is 9.59 Å². The Hall–Kier alpha value is -2.50. The number of carboxylic acids is 1.